The molecule has 0 fully saturated rings. The third-order valence-electron chi connectivity index (χ3n) is 4.27. The van der Waals surface area contributed by atoms with Crippen LogP contribution in [0.4, 0.5) is 13.2 Å². The van der Waals surface area contributed by atoms with Gasteiger partial charge in [-0.05, 0) is 30.3 Å². The number of Topliss-reactive ketones (excluding diaryl/α,β-unsaturated/α-hetero) is 1. The molecule has 11 heteroatoms. The predicted molar refractivity (Wildman–Crippen MR) is 115 cm³/mol. The number of nitrogens with zero attached hydrogens (tertiary/aromatic N) is 4. The zero-order chi connectivity index (χ0) is 23.0. The highest BCUT2D eigenvalue weighted by atomic mass is 35.5. The Bertz CT molecular complexity index is 1110. The molecule has 0 bridgehead atoms. The summed E-state index contributed by atoms with van der Waals surface area (Å²) < 4.78 is 40.5. The van der Waals surface area contributed by atoms with Gasteiger partial charge in [0.05, 0.1) is 16.3 Å². The number of benzene rings is 1. The smallest absolute Gasteiger partial charge is 0.298 e. The highest BCUT2D eigenvalue weighted by molar-refractivity contribution is 7.99. The second-order valence-electron chi connectivity index (χ2n) is 7.63. The molecule has 0 unspecified atom stereocenters. The number of halogens is 5. The van der Waals surface area contributed by atoms with Crippen LogP contribution in [-0.2, 0) is 11.0 Å². The van der Waals surface area contributed by atoms with E-state index in [1.54, 1.807) is 28.8 Å². The molecular weight excluding hydrogens is 472 g/mol. The number of pyridine rings is 1. The van der Waals surface area contributed by atoms with E-state index in [-0.39, 0.29) is 28.1 Å². The molecule has 0 aliphatic rings. The van der Waals surface area contributed by atoms with Crippen molar-refractivity contribution in [1.29, 1.82) is 0 Å². The fourth-order valence-electron chi connectivity index (χ4n) is 2.44. The molecule has 0 spiro atoms. The highest BCUT2D eigenvalue weighted by Gasteiger charge is 2.32. The minimum atomic E-state index is -4.58. The number of ketones is 1. The van der Waals surface area contributed by atoms with Crippen LogP contribution in [-0.4, -0.2) is 31.3 Å². The van der Waals surface area contributed by atoms with Crippen molar-refractivity contribution in [1.82, 2.24) is 19.7 Å². The molecule has 2 heterocycles. The average Bonchev–Trinajstić information content (AvgIpc) is 3.08. The van der Waals surface area contributed by atoms with Gasteiger partial charge in [0.25, 0.3) is 0 Å². The van der Waals surface area contributed by atoms with E-state index in [1.165, 1.54) is 11.8 Å². The van der Waals surface area contributed by atoms with Crippen molar-refractivity contribution in [2.45, 2.75) is 32.1 Å². The van der Waals surface area contributed by atoms with Crippen LogP contribution in [0.15, 0.2) is 41.7 Å². The van der Waals surface area contributed by atoms with E-state index in [1.807, 2.05) is 20.8 Å². The zero-order valence-electron chi connectivity index (χ0n) is 16.7. The molecule has 0 radical (unpaired) electrons. The van der Waals surface area contributed by atoms with E-state index in [2.05, 4.69) is 15.2 Å². The van der Waals surface area contributed by atoms with E-state index in [0.717, 1.165) is 6.07 Å². The van der Waals surface area contributed by atoms with Gasteiger partial charge in [-0.25, -0.2) is 0 Å². The van der Waals surface area contributed by atoms with Crippen LogP contribution in [0.2, 0.25) is 10.0 Å². The van der Waals surface area contributed by atoms with Gasteiger partial charge in [0.15, 0.2) is 11.0 Å². The lowest BCUT2D eigenvalue weighted by atomic mass is 9.92. The maximum atomic E-state index is 13.0. The fraction of sp³-hybridized carbons (Fsp3) is 0.300. The Morgan fingerprint density at radius 2 is 1.74 bits per heavy atom. The van der Waals surface area contributed by atoms with Crippen LogP contribution in [0, 0.1) is 5.41 Å². The van der Waals surface area contributed by atoms with Crippen molar-refractivity contribution in [3.8, 4) is 17.2 Å². The molecule has 0 saturated heterocycles. The summed E-state index contributed by atoms with van der Waals surface area (Å²) in [5, 5.41) is 8.87. The Hall–Kier alpha value is -2.10. The lowest BCUT2D eigenvalue weighted by molar-refractivity contribution is -0.137. The van der Waals surface area contributed by atoms with Gasteiger partial charge in [0.1, 0.15) is 11.5 Å². The van der Waals surface area contributed by atoms with Gasteiger partial charge in [0, 0.05) is 22.3 Å². The van der Waals surface area contributed by atoms with Crippen molar-refractivity contribution >= 4 is 40.7 Å². The number of carbonyl (C=O) groups excluding carboxylic acids is 1. The van der Waals surface area contributed by atoms with Crippen molar-refractivity contribution in [3.05, 3.63) is 52.1 Å². The van der Waals surface area contributed by atoms with Crippen LogP contribution in [0.1, 0.15) is 26.3 Å². The molecule has 0 N–H and O–H groups in total. The highest BCUT2D eigenvalue weighted by Crippen LogP contribution is 2.35. The lowest BCUT2D eigenvalue weighted by Crippen LogP contribution is -2.22. The monoisotopic (exact) mass is 488 g/mol. The van der Waals surface area contributed by atoms with Gasteiger partial charge in [0.2, 0.25) is 0 Å². The summed E-state index contributed by atoms with van der Waals surface area (Å²) in [4.78, 5) is 16.2. The first-order chi connectivity index (χ1) is 14.4. The van der Waals surface area contributed by atoms with Crippen molar-refractivity contribution < 1.29 is 18.0 Å². The minimum absolute atomic E-state index is 0.00962. The molecule has 0 aliphatic carbocycles. The normalized spacial score (nSPS) is 12.3. The van der Waals surface area contributed by atoms with Crippen molar-refractivity contribution in [2.75, 3.05) is 5.75 Å². The number of hydrogen-bond donors (Lipinski definition) is 0. The standard InChI is InChI=1S/C20H17Cl2F3N4OS/c1-19(2,3)15(30)10-31-18-28-27-17(29(18)13-6-4-12(21)5-7-13)16-14(22)8-11(9-26-16)20(23,24)25/h4-9H,10H2,1-3H3. The van der Waals surface area contributed by atoms with E-state index in [4.69, 9.17) is 23.2 Å². The molecule has 0 aliphatic heterocycles. The summed E-state index contributed by atoms with van der Waals surface area (Å²) in [6.45, 7) is 5.45. The van der Waals surface area contributed by atoms with Crippen LogP contribution < -0.4 is 0 Å². The maximum absolute atomic E-state index is 13.0. The van der Waals surface area contributed by atoms with Gasteiger partial charge in [-0.15, -0.1) is 10.2 Å². The van der Waals surface area contributed by atoms with Crippen molar-refractivity contribution in [3.63, 3.8) is 0 Å². The van der Waals surface area contributed by atoms with E-state index in [0.29, 0.717) is 22.1 Å². The number of thioether (sulfide) groups is 1. The Morgan fingerprint density at radius 3 is 2.29 bits per heavy atom. The first-order valence-corrected chi connectivity index (χ1v) is 10.7. The third kappa shape index (κ3) is 5.39. The number of hydrogen-bond acceptors (Lipinski definition) is 5. The molecule has 31 heavy (non-hydrogen) atoms. The minimum Gasteiger partial charge on any atom is -0.298 e. The molecule has 3 aromatic rings. The van der Waals surface area contributed by atoms with Crippen LogP contribution in [0.25, 0.3) is 17.2 Å². The Labute approximate surface area is 191 Å². The second-order valence-corrected chi connectivity index (χ2v) is 9.42. The maximum Gasteiger partial charge on any atom is 0.417 e. The predicted octanol–water partition coefficient (Wildman–Crippen LogP) is 6.36. The summed E-state index contributed by atoms with van der Waals surface area (Å²) in [5.41, 5.74) is -0.873. The van der Waals surface area contributed by atoms with Crippen LogP contribution in [0.3, 0.4) is 0 Å². The van der Waals surface area contributed by atoms with E-state index < -0.39 is 17.2 Å². The lowest BCUT2D eigenvalue weighted by Gasteiger charge is -2.16. The van der Waals surface area contributed by atoms with E-state index >= 15 is 0 Å². The summed E-state index contributed by atoms with van der Waals surface area (Å²) in [5.74, 6) is 0.297. The van der Waals surface area contributed by atoms with Crippen LogP contribution >= 0.6 is 35.0 Å². The number of rotatable bonds is 5. The molecular formula is C20H17Cl2F3N4OS. The van der Waals surface area contributed by atoms with Gasteiger partial charge in [-0.3, -0.25) is 14.3 Å². The fourth-order valence-corrected chi connectivity index (χ4v) is 3.93. The van der Waals surface area contributed by atoms with E-state index in [9.17, 15) is 18.0 Å². The number of alkyl halides is 3. The van der Waals surface area contributed by atoms with Gasteiger partial charge in [-0.2, -0.15) is 13.2 Å². The molecule has 5 nitrogen and oxygen atoms in total. The first kappa shape index (κ1) is 23.6. The molecule has 0 amide bonds. The van der Waals surface area contributed by atoms with Crippen molar-refractivity contribution in [2.24, 2.45) is 5.41 Å². The molecule has 0 saturated carbocycles. The largest absolute Gasteiger partial charge is 0.417 e. The molecule has 1 aromatic carbocycles. The Balaban J connectivity index is 2.08. The Kier molecular flexibility index (Phi) is 6.69. The quantitative estimate of drug-likeness (QED) is 0.390. The summed E-state index contributed by atoms with van der Waals surface area (Å²) in [7, 11) is 0. The summed E-state index contributed by atoms with van der Waals surface area (Å²) >= 11 is 13.3. The van der Waals surface area contributed by atoms with Gasteiger partial charge >= 0.3 is 6.18 Å². The summed E-state index contributed by atoms with van der Waals surface area (Å²) in [6.07, 6.45) is -3.88. The molecule has 3 rings (SSSR count). The zero-order valence-corrected chi connectivity index (χ0v) is 19.0. The van der Waals surface area contributed by atoms with Gasteiger partial charge < -0.3 is 0 Å². The third-order valence-corrected chi connectivity index (χ3v) is 5.74. The molecule has 164 valence electrons. The number of carbonyl (C=O) groups is 1. The SMILES string of the molecule is CC(C)(C)C(=O)CSc1nnc(-c2ncc(C(F)(F)F)cc2Cl)n1-c1ccc(Cl)cc1. The average molecular weight is 489 g/mol. The second kappa shape index (κ2) is 8.80. The van der Waals surface area contributed by atoms with Crippen LogP contribution in [0.5, 0.6) is 0 Å². The topological polar surface area (TPSA) is 60.7 Å². The first-order valence-electron chi connectivity index (χ1n) is 8.98. The summed E-state index contributed by atoms with van der Waals surface area (Å²) in [6, 6.07) is 7.49. The number of aromatic nitrogens is 4. The molecule has 0 atom stereocenters. The molecule has 2 aromatic heterocycles. The Morgan fingerprint density at radius 1 is 1.10 bits per heavy atom. The van der Waals surface area contributed by atoms with Gasteiger partial charge in [-0.1, -0.05) is 55.7 Å².